The minimum atomic E-state index is -1.86. The van der Waals surface area contributed by atoms with Crippen molar-refractivity contribution in [2.24, 2.45) is 34.5 Å². The van der Waals surface area contributed by atoms with E-state index in [4.69, 9.17) is 33.2 Å². The Morgan fingerprint density at radius 2 is 1.62 bits per heavy atom. The molecule has 1 spiro atoms. The van der Waals surface area contributed by atoms with Crippen molar-refractivity contribution in [1.29, 1.82) is 0 Å². The zero-order valence-electron chi connectivity index (χ0n) is 29.6. The molecule has 278 valence electrons. The predicted octanol–water partition coefficient (Wildman–Crippen LogP) is 1.80. The molecular formula is C36H50BrNO12. The monoisotopic (exact) mass is 767 g/mol. The summed E-state index contributed by atoms with van der Waals surface area (Å²) in [5, 5.41) is 25.5. The van der Waals surface area contributed by atoms with E-state index in [0.717, 1.165) is 0 Å². The first-order valence-electron chi connectivity index (χ1n) is 17.2. The molecule has 0 aromatic heterocycles. The number of esters is 3. The molecule has 14 heteroatoms. The number of halogens is 1. The second-order valence-electron chi connectivity index (χ2n) is 15.0. The van der Waals surface area contributed by atoms with E-state index in [-0.39, 0.29) is 41.6 Å². The molecule has 6 fully saturated rings. The van der Waals surface area contributed by atoms with Crippen molar-refractivity contribution in [2.75, 3.05) is 48.1 Å². The van der Waals surface area contributed by atoms with Crippen LogP contribution in [0, 0.1) is 34.5 Å². The summed E-state index contributed by atoms with van der Waals surface area (Å²) in [5.74, 6) is -4.24. The number of piperidine rings is 1. The Kier molecular flexibility index (Phi) is 9.81. The summed E-state index contributed by atoms with van der Waals surface area (Å²) in [6, 6.07) is 8.12. The molecule has 7 rings (SSSR count). The fourth-order valence-corrected chi connectivity index (χ4v) is 12.7. The maximum atomic E-state index is 13.8. The molecule has 1 aromatic carbocycles. The second-order valence-corrected chi connectivity index (χ2v) is 15.0. The molecule has 1 heterocycles. The first-order chi connectivity index (χ1) is 23.4. The van der Waals surface area contributed by atoms with Gasteiger partial charge in [0.15, 0.2) is 5.60 Å². The summed E-state index contributed by atoms with van der Waals surface area (Å²) in [5.41, 5.74) is -4.92. The fraction of sp³-hybridized carbons (Fsp3) is 0.750. The third-order valence-corrected chi connectivity index (χ3v) is 13.4. The van der Waals surface area contributed by atoms with Crippen molar-refractivity contribution in [2.45, 2.75) is 87.5 Å². The largest absolute Gasteiger partial charge is 0.462 e. The number of carbonyl (C=O) groups is 3. The van der Waals surface area contributed by atoms with E-state index < -0.39 is 100 Å². The highest BCUT2D eigenvalue weighted by Gasteiger charge is 2.92. The van der Waals surface area contributed by atoms with Gasteiger partial charge in [0.2, 0.25) is 0 Å². The van der Waals surface area contributed by atoms with Gasteiger partial charge in [-0.2, -0.15) is 0 Å². The van der Waals surface area contributed by atoms with Crippen molar-refractivity contribution in [1.82, 2.24) is 4.90 Å². The molecule has 9 unspecified atom stereocenters. The van der Waals surface area contributed by atoms with Gasteiger partial charge in [0.25, 0.3) is 0 Å². The summed E-state index contributed by atoms with van der Waals surface area (Å²) in [7, 11) is 6.25. The lowest BCUT2D eigenvalue weighted by Crippen LogP contribution is -2.81. The number of aliphatic hydroxyl groups excluding tert-OH is 1. The second kappa shape index (κ2) is 13.0. The third kappa shape index (κ3) is 4.51. The number of hydrogen-bond acceptors (Lipinski definition) is 13. The smallest absolute Gasteiger partial charge is 0.338 e. The van der Waals surface area contributed by atoms with Gasteiger partial charge in [-0.05, 0) is 31.0 Å². The Morgan fingerprint density at radius 1 is 0.920 bits per heavy atom. The van der Waals surface area contributed by atoms with Crippen molar-refractivity contribution in [3.05, 3.63) is 35.9 Å². The minimum absolute atomic E-state index is 0. The first-order valence-corrected chi connectivity index (χ1v) is 17.2. The van der Waals surface area contributed by atoms with Crippen LogP contribution in [-0.2, 0) is 42.7 Å². The summed E-state index contributed by atoms with van der Waals surface area (Å²) in [4.78, 5) is 42.2. The van der Waals surface area contributed by atoms with E-state index in [2.05, 4.69) is 4.90 Å². The Morgan fingerprint density at radius 3 is 2.18 bits per heavy atom. The Bertz CT molecular complexity index is 1480. The molecular weight excluding hydrogens is 718 g/mol. The van der Waals surface area contributed by atoms with E-state index >= 15 is 0 Å². The maximum absolute atomic E-state index is 13.8. The highest BCUT2D eigenvalue weighted by Crippen LogP contribution is 2.80. The van der Waals surface area contributed by atoms with Crippen molar-refractivity contribution >= 4 is 34.9 Å². The SMILES string of the molecule is Br.CCN1CC2(COC)C(OC(C)=O)CC(OC)C34[C@@H]5C[C@@]6(O)C(OC)C(O)[C@](OC(C)=O)(C(C(OC)[C@H]23)[C@@H]14)[C@H]5C6OC(=O)c1ccccc1. The van der Waals surface area contributed by atoms with E-state index in [1.54, 1.807) is 51.7 Å². The van der Waals surface area contributed by atoms with Crippen LogP contribution in [0.3, 0.4) is 0 Å². The van der Waals surface area contributed by atoms with Gasteiger partial charge in [-0.1, -0.05) is 25.1 Å². The highest BCUT2D eigenvalue weighted by atomic mass is 79.9. The molecule has 1 aromatic rings. The van der Waals surface area contributed by atoms with E-state index in [0.29, 0.717) is 19.5 Å². The van der Waals surface area contributed by atoms with E-state index in [1.807, 2.05) is 6.92 Å². The lowest BCUT2D eigenvalue weighted by Gasteiger charge is -2.70. The Labute approximate surface area is 302 Å². The number of carbonyl (C=O) groups excluding carboxylic acids is 3. The quantitative estimate of drug-likeness (QED) is 0.263. The van der Waals surface area contributed by atoms with Gasteiger partial charge in [-0.25, -0.2) is 4.79 Å². The van der Waals surface area contributed by atoms with E-state index in [1.165, 1.54) is 21.0 Å². The van der Waals surface area contributed by atoms with Crippen molar-refractivity contribution < 1.29 is 57.8 Å². The van der Waals surface area contributed by atoms with Crippen LogP contribution in [0.25, 0.3) is 0 Å². The summed E-state index contributed by atoms with van der Waals surface area (Å²) >= 11 is 0. The zero-order valence-corrected chi connectivity index (χ0v) is 31.3. The van der Waals surface area contributed by atoms with Gasteiger partial charge in [-0.15, -0.1) is 17.0 Å². The summed E-state index contributed by atoms with van der Waals surface area (Å²) in [6.07, 6.45) is -5.45. The molecule has 5 aliphatic carbocycles. The summed E-state index contributed by atoms with van der Waals surface area (Å²) < 4.78 is 43.9. The lowest BCUT2D eigenvalue weighted by molar-refractivity contribution is -0.322. The van der Waals surface area contributed by atoms with Gasteiger partial charge in [-0.3, -0.25) is 14.5 Å². The normalized spacial score (nSPS) is 46.5. The van der Waals surface area contributed by atoms with Crippen LogP contribution in [0.15, 0.2) is 30.3 Å². The van der Waals surface area contributed by atoms with E-state index in [9.17, 15) is 24.6 Å². The number of hydrogen-bond donors (Lipinski definition) is 2. The predicted molar refractivity (Wildman–Crippen MR) is 180 cm³/mol. The van der Waals surface area contributed by atoms with Gasteiger partial charge in [0, 0.05) is 89.9 Å². The van der Waals surface area contributed by atoms with Crippen LogP contribution in [0.4, 0.5) is 0 Å². The molecule has 0 radical (unpaired) electrons. The molecule has 13 nitrogen and oxygen atoms in total. The van der Waals surface area contributed by atoms with Crippen LogP contribution in [0.2, 0.25) is 0 Å². The van der Waals surface area contributed by atoms with Gasteiger partial charge >= 0.3 is 17.9 Å². The third-order valence-electron chi connectivity index (χ3n) is 13.4. The number of rotatable bonds is 10. The average molecular weight is 769 g/mol. The molecule has 1 saturated heterocycles. The van der Waals surface area contributed by atoms with Crippen LogP contribution in [0.1, 0.15) is 44.0 Å². The molecule has 1 aliphatic heterocycles. The fourth-order valence-electron chi connectivity index (χ4n) is 12.7. The minimum Gasteiger partial charge on any atom is -0.462 e. The average Bonchev–Trinajstić information content (AvgIpc) is 3.44. The molecule has 15 atom stereocenters. The molecule has 2 N–H and O–H groups in total. The molecule has 50 heavy (non-hydrogen) atoms. The molecule has 0 amide bonds. The topological polar surface area (TPSA) is 160 Å². The number of aliphatic hydroxyl groups is 2. The maximum Gasteiger partial charge on any atom is 0.338 e. The molecule has 6 aliphatic rings. The zero-order chi connectivity index (χ0) is 35.3. The highest BCUT2D eigenvalue weighted by molar-refractivity contribution is 8.93. The summed E-state index contributed by atoms with van der Waals surface area (Å²) in [6.45, 7) is 5.99. The van der Waals surface area contributed by atoms with Crippen LogP contribution >= 0.6 is 17.0 Å². The van der Waals surface area contributed by atoms with Gasteiger partial charge in [0.05, 0.1) is 24.4 Å². The number of benzene rings is 1. The standard InChI is InChI=1S/C36H49NO12.BrH/c1-8-37-16-33(17-43-4)22(47-18(2)38)14-23(44-5)35-21-15-34(42)30(48-32(41)20-12-10-9-11-13-20)24(21)36(49-19(3)39,29(40)31(34)46-7)25(28(35)37)26(45-6)27(33)35;/h9-13,21-31,40,42H,8,14-17H2,1-7H3;1H/t21-,22?,23?,24-,25?,26?,27-,28-,29?,30?,31?,33?,34+,35?,36-;/m1./s1. The van der Waals surface area contributed by atoms with Crippen molar-refractivity contribution in [3.63, 3.8) is 0 Å². The Balaban J connectivity index is 0.00000432. The van der Waals surface area contributed by atoms with Gasteiger partial charge in [0.1, 0.15) is 30.0 Å². The number of likely N-dealkylation sites (tertiary alicyclic amines) is 1. The van der Waals surface area contributed by atoms with Gasteiger partial charge < -0.3 is 43.4 Å². The number of methoxy groups -OCH3 is 4. The van der Waals surface area contributed by atoms with Crippen LogP contribution in [-0.4, -0.2) is 135 Å². The van der Waals surface area contributed by atoms with Crippen LogP contribution in [0.5, 0.6) is 0 Å². The molecule has 5 saturated carbocycles. The number of fused-ring (bicyclic) bond motifs is 2. The first kappa shape index (κ1) is 37.6. The lowest BCUT2D eigenvalue weighted by atomic mass is 9.42. The number of nitrogens with zero attached hydrogens (tertiary/aromatic N) is 1. The molecule has 7 bridgehead atoms. The Hall–Kier alpha value is -2.17. The van der Waals surface area contributed by atoms with Crippen molar-refractivity contribution in [3.8, 4) is 0 Å². The number of ether oxygens (including phenoxy) is 7. The van der Waals surface area contributed by atoms with Crippen LogP contribution < -0.4 is 0 Å².